The Morgan fingerprint density at radius 2 is 1.91 bits per heavy atom. The molecule has 0 saturated carbocycles. The minimum Gasteiger partial charge on any atom is -0.462 e. The molecule has 1 aromatic rings. The Morgan fingerprint density at radius 3 is 2.55 bits per heavy atom. The van der Waals surface area contributed by atoms with E-state index in [9.17, 15) is 9.90 Å². The molecule has 2 N–H and O–H groups in total. The van der Waals surface area contributed by atoms with Crippen LogP contribution in [0, 0.1) is 0 Å². The van der Waals surface area contributed by atoms with E-state index in [1.165, 1.54) is 19.3 Å². The van der Waals surface area contributed by atoms with Crippen LogP contribution in [-0.2, 0) is 4.74 Å². The van der Waals surface area contributed by atoms with Gasteiger partial charge in [0.1, 0.15) is 0 Å². The van der Waals surface area contributed by atoms with Gasteiger partial charge in [0.15, 0.2) is 0 Å². The highest BCUT2D eigenvalue weighted by atomic mass is 35.5. The van der Waals surface area contributed by atoms with Gasteiger partial charge in [0, 0.05) is 12.2 Å². The molecule has 1 aromatic carbocycles. The molecule has 124 valence electrons. The van der Waals surface area contributed by atoms with Crippen LogP contribution in [0.1, 0.15) is 49.4 Å². The van der Waals surface area contributed by atoms with Crippen LogP contribution in [0.3, 0.4) is 0 Å². The molecule has 1 rings (SSSR count). The number of anilines is 1. The van der Waals surface area contributed by atoms with Crippen molar-refractivity contribution >= 4 is 23.3 Å². The number of esters is 1. The van der Waals surface area contributed by atoms with Gasteiger partial charge in [0.2, 0.25) is 0 Å². The lowest BCUT2D eigenvalue weighted by molar-refractivity contribution is 0.0497. The van der Waals surface area contributed by atoms with Gasteiger partial charge in [-0.3, -0.25) is 0 Å². The van der Waals surface area contributed by atoms with Gasteiger partial charge in [-0.2, -0.15) is 0 Å². The topological polar surface area (TPSA) is 58.6 Å². The number of hydrogen-bond donors (Lipinski definition) is 2. The third kappa shape index (κ3) is 7.66. The van der Waals surface area contributed by atoms with Crippen LogP contribution in [0.15, 0.2) is 24.3 Å². The van der Waals surface area contributed by atoms with Gasteiger partial charge in [-0.25, -0.2) is 4.79 Å². The van der Waals surface area contributed by atoms with Crippen LogP contribution >= 0.6 is 11.6 Å². The number of aliphatic hydroxyl groups excluding tert-OH is 1. The van der Waals surface area contributed by atoms with E-state index < -0.39 is 6.10 Å². The highest BCUT2D eigenvalue weighted by Gasteiger charge is 2.07. The van der Waals surface area contributed by atoms with Gasteiger partial charge in [-0.05, 0) is 30.7 Å². The summed E-state index contributed by atoms with van der Waals surface area (Å²) in [6, 6.07) is 7.02. The fraction of sp³-hybridized carbons (Fsp3) is 0.588. The Bertz CT molecular complexity index is 422. The van der Waals surface area contributed by atoms with Crippen molar-refractivity contribution in [1.82, 2.24) is 0 Å². The second-order valence-electron chi connectivity index (χ2n) is 5.32. The molecule has 0 heterocycles. The fourth-order valence-electron chi connectivity index (χ4n) is 1.97. The molecular weight excluding hydrogens is 302 g/mol. The molecule has 22 heavy (non-hydrogen) atoms. The first kappa shape index (κ1) is 18.8. The van der Waals surface area contributed by atoms with Crippen molar-refractivity contribution in [3.05, 3.63) is 29.8 Å². The zero-order valence-electron chi connectivity index (χ0n) is 13.2. The molecular formula is C17H26ClNO3. The molecule has 5 heteroatoms. The summed E-state index contributed by atoms with van der Waals surface area (Å²) in [7, 11) is 0. The summed E-state index contributed by atoms with van der Waals surface area (Å²) in [6.45, 7) is 3.03. The van der Waals surface area contributed by atoms with Crippen molar-refractivity contribution in [2.24, 2.45) is 0 Å². The van der Waals surface area contributed by atoms with Crippen molar-refractivity contribution in [2.45, 2.75) is 45.1 Å². The summed E-state index contributed by atoms with van der Waals surface area (Å²) in [4.78, 5) is 11.9. The number of benzene rings is 1. The highest BCUT2D eigenvalue weighted by Crippen LogP contribution is 2.11. The summed E-state index contributed by atoms with van der Waals surface area (Å²) in [5, 5.41) is 12.4. The van der Waals surface area contributed by atoms with Crippen molar-refractivity contribution in [3.8, 4) is 0 Å². The maximum Gasteiger partial charge on any atom is 0.338 e. The summed E-state index contributed by atoms with van der Waals surface area (Å²) >= 11 is 5.52. The summed E-state index contributed by atoms with van der Waals surface area (Å²) in [5.41, 5.74) is 1.37. The number of alkyl halides is 1. The second kappa shape index (κ2) is 11.3. The third-order valence-electron chi connectivity index (χ3n) is 3.32. The average Bonchev–Trinajstić information content (AvgIpc) is 2.56. The number of nitrogens with one attached hydrogen (secondary N) is 1. The van der Waals surface area contributed by atoms with Gasteiger partial charge in [-0.1, -0.05) is 32.6 Å². The maximum absolute atomic E-state index is 11.9. The normalized spacial score (nSPS) is 12.0. The molecule has 1 atom stereocenters. The van der Waals surface area contributed by atoms with Gasteiger partial charge < -0.3 is 15.2 Å². The molecule has 0 aromatic heterocycles. The summed E-state index contributed by atoms with van der Waals surface area (Å²) in [5.74, 6) is -0.0989. The van der Waals surface area contributed by atoms with Crippen LogP contribution in [-0.4, -0.2) is 36.2 Å². The lowest BCUT2D eigenvalue weighted by Gasteiger charge is -2.10. The second-order valence-corrected chi connectivity index (χ2v) is 5.63. The van der Waals surface area contributed by atoms with Crippen LogP contribution in [0.2, 0.25) is 0 Å². The molecule has 0 saturated heterocycles. The van der Waals surface area contributed by atoms with Crippen LogP contribution in [0.5, 0.6) is 0 Å². The monoisotopic (exact) mass is 327 g/mol. The van der Waals surface area contributed by atoms with Crippen LogP contribution in [0.25, 0.3) is 0 Å². The van der Waals surface area contributed by atoms with Crippen molar-refractivity contribution < 1.29 is 14.6 Å². The lowest BCUT2D eigenvalue weighted by atomic mass is 10.2. The minimum atomic E-state index is -0.584. The van der Waals surface area contributed by atoms with Gasteiger partial charge in [0.25, 0.3) is 0 Å². The Balaban J connectivity index is 2.28. The third-order valence-corrected chi connectivity index (χ3v) is 3.68. The van der Waals surface area contributed by atoms with E-state index in [1.807, 2.05) is 0 Å². The van der Waals surface area contributed by atoms with Crippen LogP contribution < -0.4 is 5.32 Å². The van der Waals surface area contributed by atoms with Crippen molar-refractivity contribution in [3.63, 3.8) is 0 Å². The van der Waals surface area contributed by atoms with Crippen LogP contribution in [0.4, 0.5) is 5.69 Å². The fourth-order valence-corrected chi connectivity index (χ4v) is 2.08. The van der Waals surface area contributed by atoms with Crippen molar-refractivity contribution in [1.29, 1.82) is 0 Å². The Kier molecular flexibility index (Phi) is 9.67. The van der Waals surface area contributed by atoms with E-state index in [0.717, 1.165) is 18.5 Å². The molecule has 0 aliphatic rings. The van der Waals surface area contributed by atoms with Gasteiger partial charge >= 0.3 is 5.97 Å². The zero-order chi connectivity index (χ0) is 16.2. The predicted octanol–water partition coefficient (Wildman–Crippen LogP) is 3.83. The molecule has 0 fully saturated rings. The molecule has 0 radical (unpaired) electrons. The van der Waals surface area contributed by atoms with Crippen molar-refractivity contribution in [2.75, 3.05) is 24.3 Å². The van der Waals surface area contributed by atoms with E-state index in [2.05, 4.69) is 12.2 Å². The van der Waals surface area contributed by atoms with E-state index in [0.29, 0.717) is 18.7 Å². The maximum atomic E-state index is 11.9. The van der Waals surface area contributed by atoms with E-state index >= 15 is 0 Å². The molecule has 1 unspecified atom stereocenters. The Labute approximate surface area is 137 Å². The molecule has 0 bridgehead atoms. The first-order chi connectivity index (χ1) is 10.7. The SMILES string of the molecule is CCCCCCCOC(=O)c1ccc(NCC(O)CCl)cc1. The van der Waals surface area contributed by atoms with Gasteiger partial charge in [-0.15, -0.1) is 11.6 Å². The number of carbonyl (C=O) groups is 1. The quantitative estimate of drug-likeness (QED) is 0.368. The molecule has 0 aliphatic carbocycles. The number of rotatable bonds is 11. The number of unbranched alkanes of at least 4 members (excludes halogenated alkanes) is 4. The Hall–Kier alpha value is -1.26. The lowest BCUT2D eigenvalue weighted by Crippen LogP contribution is -2.20. The largest absolute Gasteiger partial charge is 0.462 e. The molecule has 0 aliphatic heterocycles. The Morgan fingerprint density at radius 1 is 1.23 bits per heavy atom. The number of carbonyl (C=O) groups excluding carboxylic acids is 1. The zero-order valence-corrected chi connectivity index (χ0v) is 13.9. The standard InChI is InChI=1S/C17H26ClNO3/c1-2-3-4-5-6-11-22-17(21)14-7-9-15(10-8-14)19-13-16(20)12-18/h7-10,16,19-20H,2-6,11-13H2,1H3. The average molecular weight is 328 g/mol. The highest BCUT2D eigenvalue weighted by molar-refractivity contribution is 6.18. The molecule has 4 nitrogen and oxygen atoms in total. The van der Waals surface area contributed by atoms with E-state index in [1.54, 1.807) is 24.3 Å². The number of aliphatic hydroxyl groups is 1. The predicted molar refractivity (Wildman–Crippen MR) is 90.7 cm³/mol. The molecule has 0 amide bonds. The minimum absolute atomic E-state index is 0.190. The van der Waals surface area contributed by atoms with E-state index in [-0.39, 0.29) is 11.8 Å². The number of ether oxygens (including phenoxy) is 1. The summed E-state index contributed by atoms with van der Waals surface area (Å²) in [6.07, 6.45) is 5.08. The first-order valence-electron chi connectivity index (χ1n) is 7.92. The number of hydrogen-bond acceptors (Lipinski definition) is 4. The molecule has 0 spiro atoms. The first-order valence-corrected chi connectivity index (χ1v) is 8.46. The number of halogens is 1. The smallest absolute Gasteiger partial charge is 0.338 e. The summed E-state index contributed by atoms with van der Waals surface area (Å²) < 4.78 is 5.25. The van der Waals surface area contributed by atoms with Gasteiger partial charge in [0.05, 0.1) is 24.2 Å². The van der Waals surface area contributed by atoms with E-state index in [4.69, 9.17) is 16.3 Å².